The molecule has 0 aliphatic carbocycles. The molecule has 2 rings (SSSR count). The van der Waals surface area contributed by atoms with E-state index in [2.05, 4.69) is 46.0 Å². The third kappa shape index (κ3) is 3.33. The smallest absolute Gasteiger partial charge is 0.193 e. The zero-order chi connectivity index (χ0) is 15.6. The molecule has 0 saturated carbocycles. The summed E-state index contributed by atoms with van der Waals surface area (Å²) < 4.78 is 5.69. The van der Waals surface area contributed by atoms with E-state index in [-0.39, 0.29) is 6.04 Å². The number of hydrogen-bond acceptors (Lipinski definition) is 2. The number of halogens is 1. The number of benzene rings is 1. The van der Waals surface area contributed by atoms with E-state index >= 15 is 0 Å². The normalized spacial score (nSPS) is 12.7. The first kappa shape index (κ1) is 16.1. The molecular formula is C18H24ClNO. The Morgan fingerprint density at radius 2 is 1.71 bits per heavy atom. The Kier molecular flexibility index (Phi) is 5.13. The average molecular weight is 306 g/mol. The molecule has 0 bridgehead atoms. The predicted octanol–water partition coefficient (Wildman–Crippen LogP) is 5.26. The molecule has 0 fully saturated rings. The van der Waals surface area contributed by atoms with Gasteiger partial charge in [-0.05, 0) is 92.2 Å². The quantitative estimate of drug-likeness (QED) is 0.815. The summed E-state index contributed by atoms with van der Waals surface area (Å²) in [5.41, 5.74) is 6.58. The summed E-state index contributed by atoms with van der Waals surface area (Å²) in [6, 6.07) is 6.08. The van der Waals surface area contributed by atoms with Gasteiger partial charge in [0.2, 0.25) is 0 Å². The van der Waals surface area contributed by atoms with Gasteiger partial charge in [0.25, 0.3) is 0 Å². The van der Waals surface area contributed by atoms with Gasteiger partial charge < -0.3 is 9.73 Å². The van der Waals surface area contributed by atoms with Crippen LogP contribution in [0, 0.1) is 27.7 Å². The van der Waals surface area contributed by atoms with E-state index in [4.69, 9.17) is 16.0 Å². The Labute approximate surface area is 132 Å². The fourth-order valence-corrected chi connectivity index (χ4v) is 2.95. The summed E-state index contributed by atoms with van der Waals surface area (Å²) in [7, 11) is 0. The third-order valence-electron chi connectivity index (χ3n) is 4.19. The Morgan fingerprint density at radius 1 is 1.10 bits per heavy atom. The van der Waals surface area contributed by atoms with Crippen LogP contribution in [0.15, 0.2) is 22.6 Å². The van der Waals surface area contributed by atoms with E-state index in [1.54, 1.807) is 0 Å². The van der Waals surface area contributed by atoms with Crippen LogP contribution in [-0.2, 0) is 0 Å². The molecule has 1 aromatic carbocycles. The molecule has 0 aliphatic rings. The maximum atomic E-state index is 5.97. The molecule has 21 heavy (non-hydrogen) atoms. The topological polar surface area (TPSA) is 25.2 Å². The van der Waals surface area contributed by atoms with E-state index in [1.165, 1.54) is 27.8 Å². The van der Waals surface area contributed by atoms with Gasteiger partial charge in [0, 0.05) is 0 Å². The van der Waals surface area contributed by atoms with Gasteiger partial charge in [0.15, 0.2) is 5.22 Å². The summed E-state index contributed by atoms with van der Waals surface area (Å²) in [6.45, 7) is 11.8. The highest BCUT2D eigenvalue weighted by Gasteiger charge is 2.22. The molecule has 1 heterocycles. The van der Waals surface area contributed by atoms with Crippen molar-refractivity contribution in [1.82, 2.24) is 5.32 Å². The molecule has 1 aromatic heterocycles. The molecule has 1 N–H and O–H groups in total. The van der Waals surface area contributed by atoms with Gasteiger partial charge in [0.05, 0.1) is 6.04 Å². The second-order valence-corrected chi connectivity index (χ2v) is 6.08. The van der Waals surface area contributed by atoms with Crippen molar-refractivity contribution in [1.29, 1.82) is 0 Å². The van der Waals surface area contributed by atoms with Crippen molar-refractivity contribution in [3.8, 4) is 0 Å². The Balaban J connectivity index is 2.56. The lowest BCUT2D eigenvalue weighted by Gasteiger charge is -2.23. The third-order valence-corrected chi connectivity index (χ3v) is 4.39. The molecule has 1 unspecified atom stereocenters. The van der Waals surface area contributed by atoms with Crippen molar-refractivity contribution < 1.29 is 4.42 Å². The summed E-state index contributed by atoms with van der Waals surface area (Å²) in [5.74, 6) is 0.879. The maximum Gasteiger partial charge on any atom is 0.193 e. The van der Waals surface area contributed by atoms with Crippen LogP contribution >= 0.6 is 11.6 Å². The Hall–Kier alpha value is -1.25. The molecule has 0 radical (unpaired) electrons. The van der Waals surface area contributed by atoms with Crippen LogP contribution in [0.25, 0.3) is 0 Å². The van der Waals surface area contributed by atoms with Gasteiger partial charge in [-0.3, -0.25) is 0 Å². The largest absolute Gasteiger partial charge is 0.448 e. The molecule has 114 valence electrons. The molecule has 3 heteroatoms. The van der Waals surface area contributed by atoms with Crippen LogP contribution in [0.5, 0.6) is 0 Å². The maximum absolute atomic E-state index is 5.97. The van der Waals surface area contributed by atoms with Crippen molar-refractivity contribution in [3.05, 3.63) is 57.0 Å². The molecule has 0 amide bonds. The van der Waals surface area contributed by atoms with Crippen LogP contribution < -0.4 is 5.32 Å². The zero-order valence-corrected chi connectivity index (χ0v) is 14.3. The lowest BCUT2D eigenvalue weighted by Crippen LogP contribution is -2.25. The van der Waals surface area contributed by atoms with Gasteiger partial charge in [-0.2, -0.15) is 0 Å². The number of aryl methyl sites for hydroxylation is 2. The van der Waals surface area contributed by atoms with E-state index in [0.29, 0.717) is 5.22 Å². The Bertz CT molecular complexity index is 604. The number of rotatable bonds is 5. The summed E-state index contributed by atoms with van der Waals surface area (Å²) >= 11 is 5.97. The number of furan rings is 1. The van der Waals surface area contributed by atoms with E-state index in [0.717, 1.165) is 18.7 Å². The Morgan fingerprint density at radius 3 is 2.19 bits per heavy atom. The lowest BCUT2D eigenvalue weighted by molar-refractivity contribution is 0.446. The molecule has 0 aliphatic heterocycles. The number of nitrogens with one attached hydrogen (secondary N) is 1. The standard InChI is InChI=1S/C18H24ClNO/c1-6-9-20-18(15-7-8-16(19)21-15)17-13(4)11(2)10-12(3)14(17)5/h7-8,10,18,20H,6,9H2,1-5H3. The van der Waals surface area contributed by atoms with Crippen LogP contribution in [-0.4, -0.2) is 6.54 Å². The van der Waals surface area contributed by atoms with Crippen molar-refractivity contribution in [2.45, 2.75) is 47.1 Å². The molecule has 2 aromatic rings. The minimum absolute atomic E-state index is 0.0519. The fraction of sp³-hybridized carbons (Fsp3) is 0.444. The predicted molar refractivity (Wildman–Crippen MR) is 89.2 cm³/mol. The van der Waals surface area contributed by atoms with Gasteiger partial charge in [-0.1, -0.05) is 13.0 Å². The minimum Gasteiger partial charge on any atom is -0.448 e. The first-order chi connectivity index (χ1) is 9.95. The van der Waals surface area contributed by atoms with Gasteiger partial charge in [-0.15, -0.1) is 0 Å². The first-order valence-corrected chi connectivity index (χ1v) is 7.89. The lowest BCUT2D eigenvalue weighted by atomic mass is 9.88. The summed E-state index contributed by atoms with van der Waals surface area (Å²) in [5, 5.41) is 4.04. The highest BCUT2D eigenvalue weighted by molar-refractivity contribution is 6.28. The summed E-state index contributed by atoms with van der Waals surface area (Å²) in [6.07, 6.45) is 1.08. The molecular weight excluding hydrogens is 282 g/mol. The highest BCUT2D eigenvalue weighted by atomic mass is 35.5. The van der Waals surface area contributed by atoms with Gasteiger partial charge in [0.1, 0.15) is 5.76 Å². The zero-order valence-electron chi connectivity index (χ0n) is 13.5. The van der Waals surface area contributed by atoms with E-state index < -0.39 is 0 Å². The summed E-state index contributed by atoms with van der Waals surface area (Å²) in [4.78, 5) is 0. The van der Waals surface area contributed by atoms with E-state index in [9.17, 15) is 0 Å². The number of hydrogen-bond donors (Lipinski definition) is 1. The van der Waals surface area contributed by atoms with Crippen LogP contribution in [0.2, 0.25) is 5.22 Å². The minimum atomic E-state index is 0.0519. The van der Waals surface area contributed by atoms with Gasteiger partial charge >= 0.3 is 0 Å². The van der Waals surface area contributed by atoms with Gasteiger partial charge in [-0.25, -0.2) is 0 Å². The second kappa shape index (κ2) is 6.67. The van der Waals surface area contributed by atoms with Crippen molar-refractivity contribution >= 4 is 11.6 Å². The van der Waals surface area contributed by atoms with Crippen molar-refractivity contribution in [2.24, 2.45) is 0 Å². The molecule has 0 spiro atoms. The van der Waals surface area contributed by atoms with Crippen LogP contribution in [0.4, 0.5) is 0 Å². The van der Waals surface area contributed by atoms with Crippen LogP contribution in [0.1, 0.15) is 53.0 Å². The molecule has 1 atom stereocenters. The SMILES string of the molecule is CCCNC(c1ccc(Cl)o1)c1c(C)c(C)cc(C)c1C. The van der Waals surface area contributed by atoms with E-state index in [1.807, 2.05) is 12.1 Å². The second-order valence-electron chi connectivity index (χ2n) is 5.70. The molecule has 0 saturated heterocycles. The highest BCUT2D eigenvalue weighted by Crippen LogP contribution is 2.33. The van der Waals surface area contributed by atoms with Crippen molar-refractivity contribution in [2.75, 3.05) is 6.54 Å². The first-order valence-electron chi connectivity index (χ1n) is 7.51. The monoisotopic (exact) mass is 305 g/mol. The molecule has 2 nitrogen and oxygen atoms in total. The average Bonchev–Trinajstić information content (AvgIpc) is 2.86. The fourth-order valence-electron chi connectivity index (χ4n) is 2.80. The van der Waals surface area contributed by atoms with Crippen LogP contribution in [0.3, 0.4) is 0 Å². The van der Waals surface area contributed by atoms with Crippen molar-refractivity contribution in [3.63, 3.8) is 0 Å².